The van der Waals surface area contributed by atoms with E-state index in [2.05, 4.69) is 0 Å². The summed E-state index contributed by atoms with van der Waals surface area (Å²) in [4.78, 5) is 12.6. The Labute approximate surface area is 98.7 Å². The van der Waals surface area contributed by atoms with Crippen molar-refractivity contribution in [3.8, 4) is 0 Å². The van der Waals surface area contributed by atoms with Crippen molar-refractivity contribution in [2.45, 2.75) is 39.2 Å². The predicted molar refractivity (Wildman–Crippen MR) is 59.3 cm³/mol. The Morgan fingerprint density at radius 2 is 2.00 bits per heavy atom. The third-order valence-electron chi connectivity index (χ3n) is 2.23. The standard InChI is InChI=1S/C10H16BF3NO2/c1-10(2,3)17-9(16)15-6-4-5-8(7-15)11(12,13)14/h7H,4-6H2,1-3H3/q-1. The van der Waals surface area contributed by atoms with Gasteiger partial charge in [-0.15, -0.1) is 5.47 Å². The topological polar surface area (TPSA) is 29.5 Å². The van der Waals surface area contributed by atoms with E-state index in [1.165, 1.54) is 0 Å². The molecule has 1 aliphatic rings. The molecule has 0 fully saturated rings. The lowest BCUT2D eigenvalue weighted by molar-refractivity contribution is 0.0325. The van der Waals surface area contributed by atoms with Gasteiger partial charge in [0.1, 0.15) is 5.60 Å². The first-order valence-corrected chi connectivity index (χ1v) is 5.50. The van der Waals surface area contributed by atoms with Gasteiger partial charge in [0.15, 0.2) is 0 Å². The summed E-state index contributed by atoms with van der Waals surface area (Å²) in [5.41, 5.74) is -1.33. The quantitative estimate of drug-likeness (QED) is 0.668. The molecular weight excluding hydrogens is 234 g/mol. The molecule has 0 unspecified atom stereocenters. The average Bonchev–Trinajstić information content (AvgIpc) is 2.14. The zero-order chi connectivity index (χ0) is 13.3. The number of carbonyl (C=O) groups is 1. The summed E-state index contributed by atoms with van der Waals surface area (Å²) in [5, 5.41) is 0. The summed E-state index contributed by atoms with van der Waals surface area (Å²) in [6.07, 6.45) is 0.432. The van der Waals surface area contributed by atoms with E-state index >= 15 is 0 Å². The second kappa shape index (κ2) is 4.62. The summed E-state index contributed by atoms with van der Waals surface area (Å²) in [5.74, 6) is 0. The molecule has 7 heteroatoms. The van der Waals surface area contributed by atoms with Crippen LogP contribution < -0.4 is 0 Å². The number of rotatable bonds is 1. The molecule has 0 saturated carbocycles. The Bertz CT molecular complexity index is 333. The molecule has 0 N–H and O–H groups in total. The van der Waals surface area contributed by atoms with Crippen molar-refractivity contribution < 1.29 is 22.5 Å². The highest BCUT2D eigenvalue weighted by atomic mass is 19.4. The van der Waals surface area contributed by atoms with Crippen LogP contribution in [0.15, 0.2) is 11.7 Å². The van der Waals surface area contributed by atoms with Crippen molar-refractivity contribution in [3.63, 3.8) is 0 Å². The molecule has 0 atom stereocenters. The molecular formula is C10H16BF3NO2-. The van der Waals surface area contributed by atoms with Crippen molar-refractivity contribution in [2.75, 3.05) is 6.54 Å². The van der Waals surface area contributed by atoms with E-state index in [1.54, 1.807) is 20.8 Å². The molecule has 0 aromatic heterocycles. The molecule has 1 rings (SSSR count). The smallest absolute Gasteiger partial charge is 0.445 e. The molecule has 1 heterocycles. The maximum atomic E-state index is 12.5. The minimum atomic E-state index is -5.01. The van der Waals surface area contributed by atoms with E-state index in [0.717, 1.165) is 11.1 Å². The predicted octanol–water partition coefficient (Wildman–Crippen LogP) is 3.29. The first kappa shape index (κ1) is 13.9. The minimum Gasteiger partial charge on any atom is -0.445 e. The SMILES string of the molecule is CC(C)(C)OC(=O)N1C=C([B-](F)(F)F)CCC1. The van der Waals surface area contributed by atoms with Crippen LogP contribution in [-0.2, 0) is 4.74 Å². The van der Waals surface area contributed by atoms with E-state index in [4.69, 9.17) is 4.74 Å². The summed E-state index contributed by atoms with van der Waals surface area (Å²) < 4.78 is 42.6. The number of carbonyl (C=O) groups excluding carboxylic acids is 1. The van der Waals surface area contributed by atoms with Gasteiger partial charge in [-0.25, -0.2) is 4.79 Å². The van der Waals surface area contributed by atoms with E-state index in [-0.39, 0.29) is 13.0 Å². The maximum Gasteiger partial charge on any atom is 0.507 e. The number of halogens is 3. The van der Waals surface area contributed by atoms with Gasteiger partial charge in [0.05, 0.1) is 0 Å². The van der Waals surface area contributed by atoms with Crippen molar-refractivity contribution >= 4 is 13.1 Å². The van der Waals surface area contributed by atoms with Gasteiger partial charge in [-0.1, -0.05) is 6.42 Å². The molecule has 17 heavy (non-hydrogen) atoms. The lowest BCUT2D eigenvalue weighted by Crippen LogP contribution is -2.37. The second-order valence-electron chi connectivity index (χ2n) is 5.06. The molecule has 3 nitrogen and oxygen atoms in total. The van der Waals surface area contributed by atoms with Crippen LogP contribution in [0.5, 0.6) is 0 Å². The minimum absolute atomic E-state index is 0.0250. The van der Waals surface area contributed by atoms with Gasteiger partial charge < -0.3 is 17.7 Å². The van der Waals surface area contributed by atoms with E-state index in [9.17, 15) is 17.7 Å². The van der Waals surface area contributed by atoms with Crippen molar-refractivity contribution in [3.05, 3.63) is 11.7 Å². The zero-order valence-electron chi connectivity index (χ0n) is 10.2. The first-order chi connectivity index (χ1) is 7.59. The lowest BCUT2D eigenvalue weighted by Gasteiger charge is -2.31. The summed E-state index contributed by atoms with van der Waals surface area (Å²) in [7, 11) is 0. The van der Waals surface area contributed by atoms with Gasteiger partial charge in [0, 0.05) is 6.54 Å². The highest BCUT2D eigenvalue weighted by molar-refractivity contribution is 6.66. The molecule has 0 bridgehead atoms. The van der Waals surface area contributed by atoms with Gasteiger partial charge in [-0.3, -0.25) is 4.90 Å². The Morgan fingerprint density at radius 3 is 2.47 bits per heavy atom. The van der Waals surface area contributed by atoms with Crippen LogP contribution >= 0.6 is 0 Å². The summed E-state index contributed by atoms with van der Waals surface area (Å²) in [6.45, 7) is 0.278. The zero-order valence-corrected chi connectivity index (χ0v) is 10.2. The highest BCUT2D eigenvalue weighted by Gasteiger charge is 2.32. The summed E-state index contributed by atoms with van der Waals surface area (Å²) >= 11 is 0. The van der Waals surface area contributed by atoms with Gasteiger partial charge in [-0.05, 0) is 33.4 Å². The van der Waals surface area contributed by atoms with Crippen LogP contribution in [0.25, 0.3) is 0 Å². The molecule has 0 radical (unpaired) electrons. The van der Waals surface area contributed by atoms with Crippen LogP contribution in [0.2, 0.25) is 0 Å². The van der Waals surface area contributed by atoms with Crippen LogP contribution in [0.3, 0.4) is 0 Å². The van der Waals surface area contributed by atoms with Gasteiger partial charge in [0.25, 0.3) is 0 Å². The highest BCUT2D eigenvalue weighted by Crippen LogP contribution is 2.28. The Hall–Kier alpha value is -1.14. The van der Waals surface area contributed by atoms with Gasteiger partial charge in [-0.2, -0.15) is 0 Å². The van der Waals surface area contributed by atoms with Crippen LogP contribution in [0.1, 0.15) is 33.6 Å². The number of amides is 1. The molecule has 0 saturated heterocycles. The Kier molecular flexibility index (Phi) is 3.79. The first-order valence-electron chi connectivity index (χ1n) is 5.50. The molecule has 98 valence electrons. The number of nitrogens with zero attached hydrogens (tertiary/aromatic N) is 1. The average molecular weight is 250 g/mol. The number of hydrogen-bond donors (Lipinski definition) is 0. The van der Waals surface area contributed by atoms with Gasteiger partial charge in [0.2, 0.25) is 0 Å². The van der Waals surface area contributed by atoms with Crippen molar-refractivity contribution in [1.29, 1.82) is 0 Å². The van der Waals surface area contributed by atoms with E-state index < -0.39 is 24.1 Å². The fourth-order valence-corrected chi connectivity index (χ4v) is 1.50. The fraction of sp³-hybridized carbons (Fsp3) is 0.700. The van der Waals surface area contributed by atoms with Crippen LogP contribution in [0, 0.1) is 0 Å². The van der Waals surface area contributed by atoms with Gasteiger partial charge >= 0.3 is 13.1 Å². The Morgan fingerprint density at radius 1 is 1.41 bits per heavy atom. The van der Waals surface area contributed by atoms with Crippen LogP contribution in [-0.4, -0.2) is 30.1 Å². The largest absolute Gasteiger partial charge is 0.507 e. The van der Waals surface area contributed by atoms with E-state index in [1.807, 2.05) is 0 Å². The summed E-state index contributed by atoms with van der Waals surface area (Å²) in [6, 6.07) is 0. The lowest BCUT2D eigenvalue weighted by atomic mass is 9.76. The molecule has 0 aliphatic carbocycles. The molecule has 0 spiro atoms. The monoisotopic (exact) mass is 250 g/mol. The molecule has 0 aromatic rings. The number of ether oxygens (including phenoxy) is 1. The third kappa shape index (κ3) is 4.32. The third-order valence-corrected chi connectivity index (χ3v) is 2.23. The van der Waals surface area contributed by atoms with Crippen molar-refractivity contribution in [2.24, 2.45) is 0 Å². The second-order valence-corrected chi connectivity index (χ2v) is 5.06. The number of hydrogen-bond acceptors (Lipinski definition) is 2. The molecule has 1 aliphatic heterocycles. The number of allylic oxidation sites excluding steroid dienone is 1. The maximum absolute atomic E-state index is 12.5. The molecule has 0 aromatic carbocycles. The van der Waals surface area contributed by atoms with E-state index in [0.29, 0.717) is 6.42 Å². The normalized spacial score (nSPS) is 17.8. The van der Waals surface area contributed by atoms with Crippen molar-refractivity contribution in [1.82, 2.24) is 4.90 Å². The Balaban J connectivity index is 2.76. The molecule has 1 amide bonds. The van der Waals surface area contributed by atoms with Crippen LogP contribution in [0.4, 0.5) is 17.7 Å². The fourth-order valence-electron chi connectivity index (χ4n) is 1.50.